The first-order valence-electron chi connectivity index (χ1n) is 8.39. The first kappa shape index (κ1) is 20.7. The summed E-state index contributed by atoms with van der Waals surface area (Å²) in [6.07, 6.45) is 0. The lowest BCUT2D eigenvalue weighted by molar-refractivity contribution is 0.0697. The molecule has 1 saturated heterocycles. The van der Waals surface area contributed by atoms with Gasteiger partial charge in [0, 0.05) is 31.9 Å². The number of piperazine rings is 1. The maximum absolute atomic E-state index is 13.7. The van der Waals surface area contributed by atoms with E-state index in [0.717, 1.165) is 18.7 Å². The molecule has 144 valence electrons. The number of urea groups is 1. The smallest absolute Gasteiger partial charge is 0.335 e. The molecule has 6 nitrogen and oxygen atoms in total. The number of nitrogens with zero attached hydrogens (tertiary/aromatic N) is 2. The van der Waals surface area contributed by atoms with Crippen LogP contribution in [0.4, 0.5) is 14.9 Å². The maximum atomic E-state index is 13.7. The van der Waals surface area contributed by atoms with Crippen LogP contribution in [0.3, 0.4) is 0 Å². The molecule has 0 atom stereocenters. The fourth-order valence-corrected chi connectivity index (χ4v) is 2.88. The molecule has 0 aromatic heterocycles. The number of carboxylic acid groups (broad SMARTS) is 1. The predicted octanol–water partition coefficient (Wildman–Crippen LogP) is 2.98. The molecule has 0 spiro atoms. The number of carboxylic acids is 1. The Morgan fingerprint density at radius 2 is 1.78 bits per heavy atom. The number of hydrogen-bond acceptors (Lipinski definition) is 3. The molecule has 0 unspecified atom stereocenters. The first-order valence-corrected chi connectivity index (χ1v) is 8.39. The van der Waals surface area contributed by atoms with Gasteiger partial charge in [0.25, 0.3) is 0 Å². The third-order valence-electron chi connectivity index (χ3n) is 4.28. The number of rotatable bonds is 4. The Bertz CT molecular complexity index is 795. The molecule has 2 aromatic carbocycles. The molecule has 2 N–H and O–H groups in total. The molecule has 0 bridgehead atoms. The maximum Gasteiger partial charge on any atom is 0.335 e. The summed E-state index contributed by atoms with van der Waals surface area (Å²) in [5.74, 6) is -1.42. The SMILES string of the molecule is Cl.O=C(O)c1ccc(CN(C(=O)N2CCNCC2)c2cccc(F)c2)cc1. The highest BCUT2D eigenvalue weighted by molar-refractivity contribution is 5.92. The molecule has 2 amide bonds. The van der Waals surface area contributed by atoms with Gasteiger partial charge in [0.05, 0.1) is 12.1 Å². The van der Waals surface area contributed by atoms with Gasteiger partial charge in [0.1, 0.15) is 5.82 Å². The van der Waals surface area contributed by atoms with Gasteiger partial charge in [-0.05, 0) is 35.9 Å². The van der Waals surface area contributed by atoms with Gasteiger partial charge in [0.15, 0.2) is 0 Å². The van der Waals surface area contributed by atoms with Crippen molar-refractivity contribution in [1.29, 1.82) is 0 Å². The fourth-order valence-electron chi connectivity index (χ4n) is 2.88. The van der Waals surface area contributed by atoms with E-state index in [2.05, 4.69) is 5.32 Å². The van der Waals surface area contributed by atoms with E-state index in [1.54, 1.807) is 29.2 Å². The van der Waals surface area contributed by atoms with E-state index in [9.17, 15) is 14.0 Å². The van der Waals surface area contributed by atoms with Crippen molar-refractivity contribution < 1.29 is 19.1 Å². The van der Waals surface area contributed by atoms with Crippen LogP contribution < -0.4 is 10.2 Å². The molecule has 2 aromatic rings. The predicted molar refractivity (Wildman–Crippen MR) is 103 cm³/mol. The molecule has 0 aliphatic carbocycles. The topological polar surface area (TPSA) is 72.9 Å². The summed E-state index contributed by atoms with van der Waals surface area (Å²) < 4.78 is 13.7. The highest BCUT2D eigenvalue weighted by Gasteiger charge is 2.24. The van der Waals surface area contributed by atoms with Gasteiger partial charge in [-0.1, -0.05) is 18.2 Å². The minimum Gasteiger partial charge on any atom is -0.478 e. The second-order valence-electron chi connectivity index (χ2n) is 6.09. The molecule has 1 fully saturated rings. The Morgan fingerprint density at radius 3 is 2.37 bits per heavy atom. The van der Waals surface area contributed by atoms with E-state index in [1.807, 2.05) is 0 Å². The van der Waals surface area contributed by atoms with Crippen LogP contribution in [0.15, 0.2) is 48.5 Å². The summed E-state index contributed by atoms with van der Waals surface area (Å²) in [6, 6.07) is 12.0. The number of halogens is 2. The van der Waals surface area contributed by atoms with Gasteiger partial charge in [0.2, 0.25) is 0 Å². The minimum atomic E-state index is -1.00. The van der Waals surface area contributed by atoms with Gasteiger partial charge in [-0.3, -0.25) is 4.90 Å². The summed E-state index contributed by atoms with van der Waals surface area (Å²) in [6.45, 7) is 2.84. The normalized spacial score (nSPS) is 13.6. The van der Waals surface area contributed by atoms with Crippen molar-refractivity contribution in [3.63, 3.8) is 0 Å². The van der Waals surface area contributed by atoms with E-state index in [1.165, 1.54) is 29.2 Å². The minimum absolute atomic E-state index is 0. The van der Waals surface area contributed by atoms with Crippen LogP contribution in [0, 0.1) is 5.82 Å². The van der Waals surface area contributed by atoms with E-state index in [4.69, 9.17) is 5.11 Å². The third kappa shape index (κ3) is 5.18. The van der Waals surface area contributed by atoms with Crippen molar-refractivity contribution in [1.82, 2.24) is 10.2 Å². The van der Waals surface area contributed by atoms with Gasteiger partial charge >= 0.3 is 12.0 Å². The third-order valence-corrected chi connectivity index (χ3v) is 4.28. The molecule has 27 heavy (non-hydrogen) atoms. The molecule has 0 saturated carbocycles. The molecule has 1 heterocycles. The highest BCUT2D eigenvalue weighted by Crippen LogP contribution is 2.21. The van der Waals surface area contributed by atoms with Crippen molar-refractivity contribution in [2.75, 3.05) is 31.1 Å². The molecule has 3 rings (SSSR count). The van der Waals surface area contributed by atoms with Gasteiger partial charge < -0.3 is 15.3 Å². The second kappa shape index (κ2) is 9.34. The zero-order valence-electron chi connectivity index (χ0n) is 14.6. The number of carbonyl (C=O) groups is 2. The van der Waals surface area contributed by atoms with Gasteiger partial charge in [-0.25, -0.2) is 14.0 Å². The van der Waals surface area contributed by atoms with Gasteiger partial charge in [-0.2, -0.15) is 0 Å². The number of amides is 2. The van der Waals surface area contributed by atoms with Crippen molar-refractivity contribution >= 4 is 30.1 Å². The van der Waals surface area contributed by atoms with Crippen molar-refractivity contribution in [2.45, 2.75) is 6.54 Å². The molecular weight excluding hydrogens is 373 g/mol. The van der Waals surface area contributed by atoms with Crippen LogP contribution in [0.1, 0.15) is 15.9 Å². The van der Waals surface area contributed by atoms with Crippen LogP contribution in [0.25, 0.3) is 0 Å². The number of aromatic carboxylic acids is 1. The summed E-state index contributed by atoms with van der Waals surface area (Å²) in [7, 11) is 0. The number of anilines is 1. The molecule has 0 radical (unpaired) electrons. The van der Waals surface area contributed by atoms with Crippen LogP contribution in [-0.4, -0.2) is 48.2 Å². The van der Waals surface area contributed by atoms with E-state index in [0.29, 0.717) is 18.8 Å². The number of hydrogen-bond donors (Lipinski definition) is 2. The van der Waals surface area contributed by atoms with Crippen molar-refractivity contribution in [3.05, 3.63) is 65.5 Å². The van der Waals surface area contributed by atoms with Gasteiger partial charge in [-0.15, -0.1) is 12.4 Å². The Balaban J connectivity index is 0.00000261. The number of benzene rings is 2. The second-order valence-corrected chi connectivity index (χ2v) is 6.09. The number of carbonyl (C=O) groups excluding carboxylic acids is 1. The van der Waals surface area contributed by atoms with Crippen LogP contribution in [0.5, 0.6) is 0 Å². The lowest BCUT2D eigenvalue weighted by Gasteiger charge is -2.33. The zero-order valence-corrected chi connectivity index (χ0v) is 15.4. The lowest BCUT2D eigenvalue weighted by Crippen LogP contribution is -2.51. The van der Waals surface area contributed by atoms with E-state index < -0.39 is 11.8 Å². The lowest BCUT2D eigenvalue weighted by atomic mass is 10.1. The average Bonchev–Trinajstić information content (AvgIpc) is 2.66. The Morgan fingerprint density at radius 1 is 1.11 bits per heavy atom. The monoisotopic (exact) mass is 393 g/mol. The fraction of sp³-hybridized carbons (Fsp3) is 0.263. The molecule has 8 heteroatoms. The Labute approximate surface area is 163 Å². The average molecular weight is 394 g/mol. The molecule has 1 aliphatic rings. The van der Waals surface area contributed by atoms with Crippen LogP contribution in [0.2, 0.25) is 0 Å². The highest BCUT2D eigenvalue weighted by atomic mass is 35.5. The zero-order chi connectivity index (χ0) is 18.5. The molecular formula is C19H21ClFN3O3. The Hall–Kier alpha value is -2.64. The summed E-state index contributed by atoms with van der Waals surface area (Å²) in [5.41, 5.74) is 1.41. The van der Waals surface area contributed by atoms with Crippen LogP contribution >= 0.6 is 12.4 Å². The largest absolute Gasteiger partial charge is 0.478 e. The van der Waals surface area contributed by atoms with E-state index >= 15 is 0 Å². The van der Waals surface area contributed by atoms with Crippen LogP contribution in [-0.2, 0) is 6.54 Å². The number of nitrogens with one attached hydrogen (secondary N) is 1. The van der Waals surface area contributed by atoms with Crippen molar-refractivity contribution in [2.24, 2.45) is 0 Å². The summed E-state index contributed by atoms with van der Waals surface area (Å²) in [5, 5.41) is 12.2. The Kier molecular flexibility index (Phi) is 7.15. The van der Waals surface area contributed by atoms with E-state index in [-0.39, 0.29) is 30.5 Å². The standard InChI is InChI=1S/C19H20FN3O3.ClH/c20-16-2-1-3-17(12-16)23(19(26)22-10-8-21-9-11-22)13-14-4-6-15(7-5-14)18(24)25;/h1-7,12,21H,8-11,13H2,(H,24,25);1H. The molecule has 1 aliphatic heterocycles. The first-order chi connectivity index (χ1) is 12.5. The van der Waals surface area contributed by atoms with Crippen molar-refractivity contribution in [3.8, 4) is 0 Å². The summed E-state index contributed by atoms with van der Waals surface area (Å²) in [4.78, 5) is 27.2. The quantitative estimate of drug-likeness (QED) is 0.837. The summed E-state index contributed by atoms with van der Waals surface area (Å²) >= 11 is 0.